The van der Waals surface area contributed by atoms with Crippen molar-refractivity contribution in [2.45, 2.75) is 45.7 Å². The van der Waals surface area contributed by atoms with Gasteiger partial charge in [-0.3, -0.25) is 14.3 Å². The summed E-state index contributed by atoms with van der Waals surface area (Å²) in [5.74, 6) is 1.11. The number of nitrogens with two attached hydrogens (primary N) is 1. The second kappa shape index (κ2) is 8.04. The summed E-state index contributed by atoms with van der Waals surface area (Å²) in [6, 6.07) is 0.158. The summed E-state index contributed by atoms with van der Waals surface area (Å²) in [5, 5.41) is 3.16. The summed E-state index contributed by atoms with van der Waals surface area (Å²) in [4.78, 5) is 26.1. The van der Waals surface area contributed by atoms with Gasteiger partial charge in [0.25, 0.3) is 5.56 Å². The summed E-state index contributed by atoms with van der Waals surface area (Å²) in [5.41, 5.74) is 5.42. The third-order valence-electron chi connectivity index (χ3n) is 3.18. The second-order valence-electron chi connectivity index (χ2n) is 4.73. The maximum absolute atomic E-state index is 11.9. The third-order valence-corrected chi connectivity index (χ3v) is 3.92. The van der Waals surface area contributed by atoms with Crippen LogP contribution in [0.2, 0.25) is 0 Å². The number of anilines is 2. The van der Waals surface area contributed by atoms with E-state index in [1.807, 2.05) is 20.1 Å². The number of unbranched alkanes of at least 4 members (excludes halogenated alkanes) is 1. The molecule has 0 spiro atoms. The zero-order valence-electron chi connectivity index (χ0n) is 12.4. The minimum Gasteiger partial charge on any atom is -0.383 e. The van der Waals surface area contributed by atoms with E-state index in [9.17, 15) is 9.59 Å². The Morgan fingerprint density at radius 2 is 2.10 bits per heavy atom. The molecule has 1 aromatic rings. The molecule has 0 aromatic carbocycles. The first-order chi connectivity index (χ1) is 9.54. The Labute approximate surface area is 123 Å². The van der Waals surface area contributed by atoms with Crippen molar-refractivity contribution >= 4 is 23.3 Å². The quantitative estimate of drug-likeness (QED) is 0.676. The number of H-pyrrole nitrogens is 1. The molecule has 0 aliphatic carbocycles. The molecular weight excluding hydrogens is 276 g/mol. The lowest BCUT2D eigenvalue weighted by Gasteiger charge is -2.19. The van der Waals surface area contributed by atoms with Crippen LogP contribution in [0.15, 0.2) is 9.59 Å². The van der Waals surface area contributed by atoms with Crippen LogP contribution in [0.1, 0.15) is 33.1 Å². The van der Waals surface area contributed by atoms with Crippen molar-refractivity contribution in [1.82, 2.24) is 9.55 Å². The van der Waals surface area contributed by atoms with Gasteiger partial charge in [-0.15, -0.1) is 0 Å². The number of thioether (sulfide) groups is 1. The van der Waals surface area contributed by atoms with Crippen molar-refractivity contribution in [2.75, 3.05) is 23.1 Å². The zero-order chi connectivity index (χ0) is 15.1. The van der Waals surface area contributed by atoms with E-state index in [4.69, 9.17) is 5.73 Å². The summed E-state index contributed by atoms with van der Waals surface area (Å²) in [7, 11) is 0. The average molecular weight is 300 g/mol. The van der Waals surface area contributed by atoms with Crippen molar-refractivity contribution in [3.63, 3.8) is 0 Å². The molecule has 0 aliphatic rings. The number of aromatic amines is 1. The molecule has 0 amide bonds. The number of nitrogen functional groups attached to an aromatic ring is 1. The van der Waals surface area contributed by atoms with Crippen LogP contribution in [0.25, 0.3) is 0 Å². The first kappa shape index (κ1) is 16.7. The number of hydrogen-bond donors (Lipinski definition) is 3. The largest absolute Gasteiger partial charge is 0.383 e. The Bertz CT molecular complexity index is 538. The van der Waals surface area contributed by atoms with Crippen molar-refractivity contribution in [3.8, 4) is 0 Å². The molecule has 0 aliphatic heterocycles. The average Bonchev–Trinajstić information content (AvgIpc) is 2.42. The van der Waals surface area contributed by atoms with Crippen LogP contribution in [-0.2, 0) is 6.54 Å². The van der Waals surface area contributed by atoms with Crippen LogP contribution < -0.4 is 22.3 Å². The monoisotopic (exact) mass is 300 g/mol. The molecule has 6 nitrogen and oxygen atoms in total. The van der Waals surface area contributed by atoms with Gasteiger partial charge in [0, 0.05) is 18.3 Å². The van der Waals surface area contributed by atoms with Crippen LogP contribution in [0.4, 0.5) is 11.5 Å². The van der Waals surface area contributed by atoms with E-state index in [0.29, 0.717) is 12.2 Å². The number of aromatic nitrogens is 2. The van der Waals surface area contributed by atoms with Crippen LogP contribution in [0, 0.1) is 0 Å². The summed E-state index contributed by atoms with van der Waals surface area (Å²) >= 11 is 1.70. The van der Waals surface area contributed by atoms with E-state index < -0.39 is 11.2 Å². The predicted molar refractivity (Wildman–Crippen MR) is 86.7 cm³/mol. The van der Waals surface area contributed by atoms with Crippen molar-refractivity contribution in [3.05, 3.63) is 20.8 Å². The molecule has 1 atom stereocenters. The SMILES string of the molecule is CCCCn1c(N)c(NC(CC)CSC)c(=O)[nH]c1=O. The summed E-state index contributed by atoms with van der Waals surface area (Å²) in [6.07, 6.45) is 4.70. The van der Waals surface area contributed by atoms with Crippen molar-refractivity contribution in [2.24, 2.45) is 0 Å². The summed E-state index contributed by atoms with van der Waals surface area (Å²) in [6.45, 7) is 4.61. The van der Waals surface area contributed by atoms with Crippen LogP contribution in [-0.4, -0.2) is 27.6 Å². The Balaban J connectivity index is 3.12. The standard InChI is InChI=1S/C13H24N4O2S/c1-4-6-7-17-11(14)10(12(18)16-13(17)19)15-9(5-2)8-20-3/h9,15H,4-8,14H2,1-3H3,(H,16,18,19). The molecule has 1 unspecified atom stereocenters. The number of hydrogen-bond acceptors (Lipinski definition) is 5. The minimum atomic E-state index is -0.445. The number of nitrogens with zero attached hydrogens (tertiary/aromatic N) is 1. The maximum Gasteiger partial charge on any atom is 0.330 e. The van der Waals surface area contributed by atoms with Gasteiger partial charge in [-0.05, 0) is 19.1 Å². The Kier molecular flexibility index (Phi) is 6.70. The van der Waals surface area contributed by atoms with E-state index in [1.165, 1.54) is 4.57 Å². The molecule has 1 heterocycles. The minimum absolute atomic E-state index is 0.158. The van der Waals surface area contributed by atoms with E-state index >= 15 is 0 Å². The maximum atomic E-state index is 11.9. The topological polar surface area (TPSA) is 92.9 Å². The van der Waals surface area contributed by atoms with E-state index in [-0.39, 0.29) is 11.9 Å². The zero-order valence-corrected chi connectivity index (χ0v) is 13.2. The van der Waals surface area contributed by atoms with E-state index in [1.54, 1.807) is 11.8 Å². The first-order valence-corrected chi connectivity index (χ1v) is 8.32. The lowest BCUT2D eigenvalue weighted by atomic mass is 10.2. The highest BCUT2D eigenvalue weighted by molar-refractivity contribution is 7.98. The molecule has 0 radical (unpaired) electrons. The van der Waals surface area contributed by atoms with Crippen molar-refractivity contribution in [1.29, 1.82) is 0 Å². The molecule has 1 rings (SSSR count). The first-order valence-electron chi connectivity index (χ1n) is 6.93. The molecule has 20 heavy (non-hydrogen) atoms. The van der Waals surface area contributed by atoms with Gasteiger partial charge in [-0.2, -0.15) is 11.8 Å². The second-order valence-corrected chi connectivity index (χ2v) is 5.64. The van der Waals surface area contributed by atoms with Crippen LogP contribution in [0.3, 0.4) is 0 Å². The van der Waals surface area contributed by atoms with Gasteiger partial charge in [0.2, 0.25) is 0 Å². The molecule has 7 heteroatoms. The highest BCUT2D eigenvalue weighted by atomic mass is 32.2. The fourth-order valence-electron chi connectivity index (χ4n) is 1.93. The number of rotatable bonds is 8. The fourth-order valence-corrected chi connectivity index (χ4v) is 2.65. The van der Waals surface area contributed by atoms with Gasteiger partial charge in [0.15, 0.2) is 0 Å². The van der Waals surface area contributed by atoms with Gasteiger partial charge in [0.1, 0.15) is 11.5 Å². The molecule has 114 valence electrons. The lowest BCUT2D eigenvalue weighted by molar-refractivity contribution is 0.604. The molecule has 4 N–H and O–H groups in total. The highest BCUT2D eigenvalue weighted by Crippen LogP contribution is 2.15. The van der Waals surface area contributed by atoms with Crippen molar-refractivity contribution < 1.29 is 0 Å². The fraction of sp³-hybridized carbons (Fsp3) is 0.692. The van der Waals surface area contributed by atoms with Gasteiger partial charge in [-0.25, -0.2) is 4.79 Å². The van der Waals surface area contributed by atoms with Gasteiger partial charge in [-0.1, -0.05) is 20.3 Å². The van der Waals surface area contributed by atoms with Crippen LogP contribution >= 0.6 is 11.8 Å². The van der Waals surface area contributed by atoms with Gasteiger partial charge in [0.05, 0.1) is 0 Å². The lowest BCUT2D eigenvalue weighted by Crippen LogP contribution is -2.36. The predicted octanol–water partition coefficient (Wildman–Crippen LogP) is 1.47. The van der Waals surface area contributed by atoms with Gasteiger partial charge >= 0.3 is 5.69 Å². The number of nitrogens with one attached hydrogen (secondary N) is 2. The van der Waals surface area contributed by atoms with Gasteiger partial charge < -0.3 is 11.1 Å². The Hall–Kier alpha value is -1.37. The molecule has 0 bridgehead atoms. The molecule has 0 saturated heterocycles. The molecule has 1 aromatic heterocycles. The normalized spacial score (nSPS) is 12.3. The highest BCUT2D eigenvalue weighted by Gasteiger charge is 2.15. The molecule has 0 saturated carbocycles. The van der Waals surface area contributed by atoms with Crippen LogP contribution in [0.5, 0.6) is 0 Å². The third kappa shape index (κ3) is 4.06. The Morgan fingerprint density at radius 3 is 2.65 bits per heavy atom. The molecular formula is C13H24N4O2S. The van der Waals surface area contributed by atoms with E-state index in [2.05, 4.69) is 10.3 Å². The van der Waals surface area contributed by atoms with E-state index in [0.717, 1.165) is 25.0 Å². The molecule has 0 fully saturated rings. The Morgan fingerprint density at radius 1 is 1.40 bits per heavy atom. The smallest absolute Gasteiger partial charge is 0.330 e. The summed E-state index contributed by atoms with van der Waals surface area (Å²) < 4.78 is 1.43.